The quantitative estimate of drug-likeness (QED) is 0.517. The van der Waals surface area contributed by atoms with Crippen LogP contribution in [-0.4, -0.2) is 20.4 Å². The van der Waals surface area contributed by atoms with Crippen LogP contribution < -0.4 is 11.3 Å². The number of benzene rings is 1. The zero-order valence-corrected chi connectivity index (χ0v) is 7.25. The molecule has 0 bridgehead atoms. The van der Waals surface area contributed by atoms with Crippen LogP contribution in [0.4, 0.5) is 5.95 Å². The van der Waals surface area contributed by atoms with Gasteiger partial charge in [0.25, 0.3) is 5.95 Å². The van der Waals surface area contributed by atoms with Gasteiger partial charge in [-0.05, 0) is 0 Å². The zero-order chi connectivity index (χ0) is 9.80. The molecular formula is C8H8N6. The van der Waals surface area contributed by atoms with E-state index in [0.29, 0.717) is 5.82 Å². The molecule has 0 saturated heterocycles. The van der Waals surface area contributed by atoms with Crippen molar-refractivity contribution in [3.05, 3.63) is 30.3 Å². The van der Waals surface area contributed by atoms with Gasteiger partial charge in [0, 0.05) is 5.56 Å². The Labute approximate surface area is 80.2 Å². The van der Waals surface area contributed by atoms with E-state index in [-0.39, 0.29) is 5.95 Å². The molecule has 2 aromatic rings. The third kappa shape index (κ3) is 1.64. The predicted octanol–water partition coefficient (Wildman–Crippen LogP) is 0.219. The minimum Gasteiger partial charge on any atom is -0.290 e. The topological polar surface area (TPSA) is 89.6 Å². The van der Waals surface area contributed by atoms with Crippen LogP contribution >= 0.6 is 0 Å². The summed E-state index contributed by atoms with van der Waals surface area (Å²) in [6, 6.07) is 9.48. The van der Waals surface area contributed by atoms with Crippen LogP contribution in [0, 0.1) is 0 Å². The Morgan fingerprint density at radius 2 is 1.57 bits per heavy atom. The van der Waals surface area contributed by atoms with Crippen LogP contribution in [0.2, 0.25) is 0 Å². The summed E-state index contributed by atoms with van der Waals surface area (Å²) in [5, 5.41) is 15.1. The highest BCUT2D eigenvalue weighted by Gasteiger charge is 2.01. The second-order valence-electron chi connectivity index (χ2n) is 2.56. The Morgan fingerprint density at radius 3 is 2.14 bits per heavy atom. The van der Waals surface area contributed by atoms with E-state index in [2.05, 4.69) is 25.8 Å². The van der Waals surface area contributed by atoms with Gasteiger partial charge in [0.15, 0.2) is 0 Å². The molecule has 0 amide bonds. The van der Waals surface area contributed by atoms with Gasteiger partial charge in [-0.1, -0.05) is 30.3 Å². The van der Waals surface area contributed by atoms with E-state index in [1.807, 2.05) is 30.3 Å². The van der Waals surface area contributed by atoms with Gasteiger partial charge in [-0.25, -0.2) is 5.84 Å². The van der Waals surface area contributed by atoms with Crippen molar-refractivity contribution in [3.63, 3.8) is 0 Å². The molecule has 0 fully saturated rings. The molecule has 0 unspecified atom stereocenters. The first kappa shape index (κ1) is 8.52. The lowest BCUT2D eigenvalue weighted by Gasteiger charge is -1.98. The molecule has 2 rings (SSSR count). The summed E-state index contributed by atoms with van der Waals surface area (Å²) < 4.78 is 0. The second kappa shape index (κ2) is 3.75. The number of nitrogens with two attached hydrogens (primary N) is 1. The first-order chi connectivity index (χ1) is 6.90. The number of hydrazine groups is 1. The normalized spacial score (nSPS) is 9.79. The van der Waals surface area contributed by atoms with Gasteiger partial charge >= 0.3 is 0 Å². The largest absolute Gasteiger partial charge is 0.290 e. The number of anilines is 1. The molecule has 0 saturated carbocycles. The molecule has 0 aliphatic heterocycles. The summed E-state index contributed by atoms with van der Waals surface area (Å²) in [6.45, 7) is 0. The molecule has 1 aromatic carbocycles. The van der Waals surface area contributed by atoms with E-state index >= 15 is 0 Å². The predicted molar refractivity (Wildman–Crippen MR) is 50.9 cm³/mol. The van der Waals surface area contributed by atoms with Crippen LogP contribution in [-0.2, 0) is 0 Å². The highest BCUT2D eigenvalue weighted by atomic mass is 15.4. The van der Waals surface area contributed by atoms with E-state index in [9.17, 15) is 0 Å². The van der Waals surface area contributed by atoms with Gasteiger partial charge in [-0.15, -0.1) is 20.4 Å². The Morgan fingerprint density at radius 1 is 0.929 bits per heavy atom. The van der Waals surface area contributed by atoms with Crippen LogP contribution in [0.15, 0.2) is 30.3 Å². The van der Waals surface area contributed by atoms with Crippen molar-refractivity contribution in [2.75, 3.05) is 5.43 Å². The Bertz CT molecular complexity index is 398. The number of nitrogen functional groups attached to an aromatic ring is 1. The van der Waals surface area contributed by atoms with Crippen molar-refractivity contribution in [2.45, 2.75) is 0 Å². The molecule has 0 atom stereocenters. The average molecular weight is 188 g/mol. The molecule has 70 valence electrons. The third-order valence-corrected chi connectivity index (χ3v) is 1.64. The van der Waals surface area contributed by atoms with E-state index < -0.39 is 0 Å². The van der Waals surface area contributed by atoms with Crippen LogP contribution in [0.1, 0.15) is 0 Å². The average Bonchev–Trinajstić information content (AvgIpc) is 2.30. The number of nitrogens with one attached hydrogen (secondary N) is 1. The molecule has 6 heteroatoms. The summed E-state index contributed by atoms with van der Waals surface area (Å²) in [5.41, 5.74) is 3.13. The Kier molecular flexibility index (Phi) is 2.28. The summed E-state index contributed by atoms with van der Waals surface area (Å²) in [5.74, 6) is 5.76. The van der Waals surface area contributed by atoms with E-state index in [4.69, 9.17) is 5.84 Å². The molecule has 0 aliphatic carbocycles. The zero-order valence-electron chi connectivity index (χ0n) is 7.25. The number of nitrogens with zero attached hydrogens (tertiary/aromatic N) is 4. The van der Waals surface area contributed by atoms with Gasteiger partial charge in [0.2, 0.25) is 5.82 Å². The Hall–Kier alpha value is -2.08. The number of hydrogen-bond donors (Lipinski definition) is 2. The van der Waals surface area contributed by atoms with Gasteiger partial charge in [0.05, 0.1) is 0 Å². The van der Waals surface area contributed by atoms with Gasteiger partial charge < -0.3 is 0 Å². The van der Waals surface area contributed by atoms with Gasteiger partial charge in [-0.3, -0.25) is 5.43 Å². The van der Waals surface area contributed by atoms with Crippen LogP contribution in [0.25, 0.3) is 11.4 Å². The summed E-state index contributed by atoms with van der Waals surface area (Å²) >= 11 is 0. The maximum absolute atomic E-state index is 5.08. The van der Waals surface area contributed by atoms with E-state index in [0.717, 1.165) is 5.56 Å². The number of aromatic nitrogens is 4. The smallest absolute Gasteiger partial charge is 0.276 e. The maximum Gasteiger partial charge on any atom is 0.276 e. The molecule has 0 radical (unpaired) electrons. The highest BCUT2D eigenvalue weighted by molar-refractivity contribution is 5.53. The molecule has 1 aromatic heterocycles. The van der Waals surface area contributed by atoms with Crippen molar-refractivity contribution in [2.24, 2.45) is 5.84 Å². The minimum absolute atomic E-state index is 0.199. The first-order valence-corrected chi connectivity index (χ1v) is 3.99. The standard InChI is InChI=1S/C8H8N6/c9-10-8-13-11-7(12-14-8)6-4-2-1-3-5-6/h1-5H,9H2,(H,10,13,14). The summed E-state index contributed by atoms with van der Waals surface area (Å²) in [4.78, 5) is 0. The SMILES string of the molecule is NNc1nnc(-c2ccccc2)nn1. The first-order valence-electron chi connectivity index (χ1n) is 3.99. The lowest BCUT2D eigenvalue weighted by Crippen LogP contribution is -2.12. The van der Waals surface area contributed by atoms with Crippen molar-refractivity contribution in [1.29, 1.82) is 0 Å². The molecule has 14 heavy (non-hydrogen) atoms. The summed E-state index contributed by atoms with van der Waals surface area (Å²) in [7, 11) is 0. The molecule has 1 heterocycles. The van der Waals surface area contributed by atoms with E-state index in [1.54, 1.807) is 0 Å². The highest BCUT2D eigenvalue weighted by Crippen LogP contribution is 2.11. The fraction of sp³-hybridized carbons (Fsp3) is 0. The Balaban J connectivity index is 2.34. The summed E-state index contributed by atoms with van der Waals surface area (Å²) in [6.07, 6.45) is 0. The maximum atomic E-state index is 5.08. The third-order valence-electron chi connectivity index (χ3n) is 1.64. The molecular weight excluding hydrogens is 180 g/mol. The number of hydrogen-bond acceptors (Lipinski definition) is 6. The van der Waals surface area contributed by atoms with Gasteiger partial charge in [0.1, 0.15) is 0 Å². The number of rotatable bonds is 2. The van der Waals surface area contributed by atoms with Gasteiger partial charge in [-0.2, -0.15) is 0 Å². The van der Waals surface area contributed by atoms with Crippen molar-refractivity contribution in [1.82, 2.24) is 20.4 Å². The molecule has 0 aliphatic rings. The van der Waals surface area contributed by atoms with Crippen LogP contribution in [0.3, 0.4) is 0 Å². The van der Waals surface area contributed by atoms with Crippen molar-refractivity contribution >= 4 is 5.95 Å². The molecule has 3 N–H and O–H groups in total. The van der Waals surface area contributed by atoms with Crippen molar-refractivity contribution in [3.8, 4) is 11.4 Å². The lowest BCUT2D eigenvalue weighted by atomic mass is 10.2. The molecule has 6 nitrogen and oxygen atoms in total. The monoisotopic (exact) mass is 188 g/mol. The fourth-order valence-corrected chi connectivity index (χ4v) is 0.990. The molecule has 0 spiro atoms. The fourth-order valence-electron chi connectivity index (χ4n) is 0.990. The minimum atomic E-state index is 0.199. The van der Waals surface area contributed by atoms with E-state index in [1.165, 1.54) is 0 Å². The lowest BCUT2D eigenvalue weighted by molar-refractivity contribution is 0.866. The second-order valence-corrected chi connectivity index (χ2v) is 2.56. The van der Waals surface area contributed by atoms with Crippen molar-refractivity contribution < 1.29 is 0 Å². The van der Waals surface area contributed by atoms with Crippen LogP contribution in [0.5, 0.6) is 0 Å².